The number of hydrogen-bond donors (Lipinski definition) is 1. The third-order valence-corrected chi connectivity index (χ3v) is 6.65. The van der Waals surface area contributed by atoms with Crippen molar-refractivity contribution in [1.29, 1.82) is 0 Å². The molecule has 2 N–H and O–H groups in total. The Balaban J connectivity index is 1.41. The fraction of sp³-hybridized carbons (Fsp3) is 0.292. The molecule has 1 amide bonds. The van der Waals surface area contributed by atoms with Crippen LogP contribution in [-0.4, -0.2) is 37.8 Å². The molecule has 10 heteroatoms. The van der Waals surface area contributed by atoms with Crippen LogP contribution in [0.15, 0.2) is 48.9 Å². The van der Waals surface area contributed by atoms with Crippen LogP contribution in [0.4, 0.5) is 19.0 Å². The van der Waals surface area contributed by atoms with Gasteiger partial charge in [0.25, 0.3) is 5.91 Å². The Kier molecular flexibility index (Phi) is 4.33. The van der Waals surface area contributed by atoms with Crippen molar-refractivity contribution in [2.45, 2.75) is 31.7 Å². The molecule has 2 aliphatic rings. The number of rotatable bonds is 1. The molecule has 2 aromatic heterocycles. The lowest BCUT2D eigenvalue weighted by Crippen LogP contribution is -2.47. The average molecular weight is 467 g/mol. The summed E-state index contributed by atoms with van der Waals surface area (Å²) in [5.74, 6) is 0.443. The lowest BCUT2D eigenvalue weighted by Gasteiger charge is -2.39. The first kappa shape index (κ1) is 20.8. The summed E-state index contributed by atoms with van der Waals surface area (Å²) in [4.78, 5) is 24.0. The molecule has 1 fully saturated rings. The van der Waals surface area contributed by atoms with E-state index in [0.29, 0.717) is 46.5 Å². The summed E-state index contributed by atoms with van der Waals surface area (Å²) in [5, 5.41) is 0. The van der Waals surface area contributed by atoms with Crippen LogP contribution >= 0.6 is 0 Å². The van der Waals surface area contributed by atoms with Crippen LogP contribution in [0.25, 0.3) is 16.6 Å². The van der Waals surface area contributed by atoms with Crippen LogP contribution in [0.1, 0.15) is 40.9 Å². The van der Waals surface area contributed by atoms with Gasteiger partial charge < -0.3 is 15.4 Å². The number of alkyl halides is 3. The van der Waals surface area contributed by atoms with Gasteiger partial charge in [0.05, 0.1) is 35.2 Å². The van der Waals surface area contributed by atoms with Crippen LogP contribution in [0.5, 0.6) is 5.75 Å². The van der Waals surface area contributed by atoms with E-state index in [4.69, 9.17) is 10.5 Å². The van der Waals surface area contributed by atoms with E-state index >= 15 is 0 Å². The molecular formula is C24H20F3N5O2. The Labute approximate surface area is 192 Å². The third kappa shape index (κ3) is 3.08. The molecule has 34 heavy (non-hydrogen) atoms. The van der Waals surface area contributed by atoms with Gasteiger partial charge in [-0.25, -0.2) is 9.97 Å². The van der Waals surface area contributed by atoms with Gasteiger partial charge in [-0.05, 0) is 42.7 Å². The second-order valence-electron chi connectivity index (χ2n) is 9.00. The minimum absolute atomic E-state index is 0.129. The Morgan fingerprint density at radius 3 is 2.79 bits per heavy atom. The van der Waals surface area contributed by atoms with Gasteiger partial charge in [0.1, 0.15) is 23.2 Å². The first-order valence-corrected chi connectivity index (χ1v) is 10.9. The monoisotopic (exact) mass is 467 g/mol. The van der Waals surface area contributed by atoms with Crippen molar-refractivity contribution in [3.8, 4) is 5.75 Å². The number of benzene rings is 2. The number of aromatic nitrogens is 3. The summed E-state index contributed by atoms with van der Waals surface area (Å²) in [6, 6.07) is 8.23. The molecule has 0 unspecified atom stereocenters. The number of nitrogens with zero attached hydrogens (tertiary/aromatic N) is 4. The van der Waals surface area contributed by atoms with E-state index in [0.717, 1.165) is 12.1 Å². The van der Waals surface area contributed by atoms with Crippen molar-refractivity contribution >= 4 is 28.3 Å². The zero-order valence-electron chi connectivity index (χ0n) is 18.1. The van der Waals surface area contributed by atoms with Crippen LogP contribution in [0.3, 0.4) is 0 Å². The number of imidazole rings is 1. The highest BCUT2D eigenvalue weighted by molar-refractivity contribution is 5.98. The van der Waals surface area contributed by atoms with E-state index in [-0.39, 0.29) is 17.6 Å². The van der Waals surface area contributed by atoms with Crippen LogP contribution in [-0.2, 0) is 6.18 Å². The number of anilines is 1. The van der Waals surface area contributed by atoms with E-state index in [1.807, 2.05) is 6.92 Å². The zero-order valence-corrected chi connectivity index (χ0v) is 18.1. The molecule has 0 saturated carbocycles. The highest BCUT2D eigenvalue weighted by Gasteiger charge is 2.46. The van der Waals surface area contributed by atoms with E-state index in [1.165, 1.54) is 6.07 Å². The second kappa shape index (κ2) is 7.09. The number of amides is 1. The maximum absolute atomic E-state index is 13.7. The normalized spacial score (nSPS) is 22.0. The molecule has 2 aliphatic heterocycles. The summed E-state index contributed by atoms with van der Waals surface area (Å²) in [6.07, 6.45) is -0.984. The molecule has 2 aromatic carbocycles. The molecule has 4 aromatic rings. The van der Waals surface area contributed by atoms with Gasteiger partial charge in [0.2, 0.25) is 0 Å². The molecule has 0 bridgehead atoms. The number of ether oxygens (including phenoxy) is 1. The zero-order chi connectivity index (χ0) is 23.8. The summed E-state index contributed by atoms with van der Waals surface area (Å²) < 4.78 is 47.4. The maximum Gasteiger partial charge on any atom is 0.416 e. The number of likely N-dealkylation sites (tertiary alicyclic amines) is 1. The smallest absolute Gasteiger partial charge is 0.416 e. The number of carbonyl (C=O) groups excluding carboxylic acids is 1. The number of halogens is 3. The number of nitrogen functional groups attached to an aromatic ring is 1. The van der Waals surface area contributed by atoms with Crippen molar-refractivity contribution in [3.05, 3.63) is 65.6 Å². The molecule has 1 saturated heterocycles. The van der Waals surface area contributed by atoms with Crippen LogP contribution in [0.2, 0.25) is 0 Å². The van der Waals surface area contributed by atoms with Crippen molar-refractivity contribution in [1.82, 2.24) is 19.3 Å². The Hall–Kier alpha value is -3.82. The molecular weight excluding hydrogens is 447 g/mol. The van der Waals surface area contributed by atoms with Crippen molar-refractivity contribution < 1.29 is 22.7 Å². The lowest BCUT2D eigenvalue weighted by atomic mass is 9.88. The number of nitrogens with two attached hydrogens (primary N) is 1. The van der Waals surface area contributed by atoms with E-state index in [1.54, 1.807) is 40.0 Å². The van der Waals surface area contributed by atoms with Gasteiger partial charge in [-0.15, -0.1) is 0 Å². The molecule has 7 nitrogen and oxygen atoms in total. The van der Waals surface area contributed by atoms with Gasteiger partial charge in [0.15, 0.2) is 0 Å². The largest absolute Gasteiger partial charge is 0.488 e. The third-order valence-electron chi connectivity index (χ3n) is 6.65. The van der Waals surface area contributed by atoms with Gasteiger partial charge in [-0.2, -0.15) is 13.2 Å². The Bertz CT molecular complexity index is 1460. The second-order valence-corrected chi connectivity index (χ2v) is 9.00. The molecule has 4 heterocycles. The van der Waals surface area contributed by atoms with Crippen LogP contribution < -0.4 is 10.5 Å². The van der Waals surface area contributed by atoms with Gasteiger partial charge in [-0.3, -0.25) is 9.20 Å². The minimum Gasteiger partial charge on any atom is -0.488 e. The fourth-order valence-corrected chi connectivity index (χ4v) is 5.13. The molecule has 0 spiro atoms. The van der Waals surface area contributed by atoms with Crippen molar-refractivity contribution in [3.63, 3.8) is 0 Å². The minimum atomic E-state index is -4.46. The van der Waals surface area contributed by atoms with E-state index in [2.05, 4.69) is 9.97 Å². The van der Waals surface area contributed by atoms with Gasteiger partial charge in [0, 0.05) is 17.7 Å². The van der Waals surface area contributed by atoms with E-state index in [9.17, 15) is 18.0 Å². The fourth-order valence-electron chi connectivity index (χ4n) is 5.13. The molecule has 174 valence electrons. The quantitative estimate of drug-likeness (QED) is 0.447. The number of fused-ring (bicyclic) bond motifs is 6. The molecule has 0 aliphatic carbocycles. The SMILES string of the molecule is C[C@H]1C[C@@H]2Oc3cc(C(F)(F)F)ccc3[C@@H]2N(C(=O)c2ccc3nc(N)c4cncn4c3c2)C1. The van der Waals surface area contributed by atoms with Crippen molar-refractivity contribution in [2.75, 3.05) is 12.3 Å². The maximum atomic E-state index is 13.7. The predicted molar refractivity (Wildman–Crippen MR) is 118 cm³/mol. The Morgan fingerprint density at radius 1 is 1.18 bits per heavy atom. The number of hydrogen-bond acceptors (Lipinski definition) is 5. The molecule has 6 rings (SSSR count). The van der Waals surface area contributed by atoms with E-state index < -0.39 is 23.9 Å². The topological polar surface area (TPSA) is 85.8 Å². The van der Waals surface area contributed by atoms with Gasteiger partial charge in [-0.1, -0.05) is 13.0 Å². The molecule has 0 radical (unpaired) electrons. The summed E-state index contributed by atoms with van der Waals surface area (Å²) >= 11 is 0. The highest BCUT2D eigenvalue weighted by atomic mass is 19.4. The summed E-state index contributed by atoms with van der Waals surface area (Å²) in [6.45, 7) is 2.48. The summed E-state index contributed by atoms with van der Waals surface area (Å²) in [5.41, 5.74) is 8.24. The van der Waals surface area contributed by atoms with Crippen LogP contribution in [0, 0.1) is 5.92 Å². The first-order chi connectivity index (χ1) is 16.2. The summed E-state index contributed by atoms with van der Waals surface area (Å²) in [7, 11) is 0. The standard InChI is InChI=1S/C24H20F3N5O2/c1-12-6-20-21(15-4-3-14(24(25,26)27)8-19(15)34-20)31(10-12)23(33)13-2-5-16-17(7-13)32-11-29-9-18(32)22(28)30-16/h2-5,7-9,11-12,20-21H,6,10H2,1H3,(H2,28,30)/t12-,20-,21-/m0/s1. The first-order valence-electron chi connectivity index (χ1n) is 10.9. The molecule has 3 atom stereocenters. The number of piperidine rings is 1. The van der Waals surface area contributed by atoms with Crippen molar-refractivity contribution in [2.24, 2.45) is 5.92 Å². The van der Waals surface area contributed by atoms with Gasteiger partial charge >= 0.3 is 6.18 Å². The Morgan fingerprint density at radius 2 is 2.00 bits per heavy atom. The number of carbonyl (C=O) groups is 1. The average Bonchev–Trinajstić information content (AvgIpc) is 3.42. The predicted octanol–water partition coefficient (Wildman–Crippen LogP) is 4.47. The lowest BCUT2D eigenvalue weighted by molar-refractivity contribution is -0.137. The highest BCUT2D eigenvalue weighted by Crippen LogP contribution is 2.47.